The van der Waals surface area contributed by atoms with Crippen molar-refractivity contribution < 1.29 is 4.74 Å². The summed E-state index contributed by atoms with van der Waals surface area (Å²) in [4.78, 5) is 30.9. The van der Waals surface area contributed by atoms with Gasteiger partial charge < -0.3 is 9.30 Å². The Balaban J connectivity index is 1.62. The first-order valence-electron chi connectivity index (χ1n) is 10.4. The second-order valence-electron chi connectivity index (χ2n) is 8.00. The van der Waals surface area contributed by atoms with E-state index in [0.717, 1.165) is 30.7 Å². The summed E-state index contributed by atoms with van der Waals surface area (Å²) in [5, 5.41) is 0. The van der Waals surface area contributed by atoms with E-state index in [4.69, 9.17) is 4.74 Å². The Morgan fingerprint density at radius 3 is 2.70 bits per heavy atom. The summed E-state index contributed by atoms with van der Waals surface area (Å²) in [6.07, 6.45) is 4.79. The second-order valence-corrected chi connectivity index (χ2v) is 8.00. The first-order valence-corrected chi connectivity index (χ1v) is 10.4. The summed E-state index contributed by atoms with van der Waals surface area (Å²) in [6.45, 7) is 3.82. The molecule has 0 spiro atoms. The van der Waals surface area contributed by atoms with Gasteiger partial charge in [-0.3, -0.25) is 18.3 Å². The van der Waals surface area contributed by atoms with Crippen LogP contribution in [0.4, 0.5) is 0 Å². The van der Waals surface area contributed by atoms with E-state index in [1.54, 1.807) is 7.05 Å². The van der Waals surface area contributed by atoms with Crippen molar-refractivity contribution in [2.24, 2.45) is 7.05 Å². The number of aryl methyl sites for hydroxylation is 3. The minimum Gasteiger partial charge on any atom is -0.376 e. The minimum absolute atomic E-state index is 0.158. The van der Waals surface area contributed by atoms with Crippen LogP contribution in [-0.2, 0) is 31.3 Å². The highest BCUT2D eigenvalue weighted by Crippen LogP contribution is 2.20. The van der Waals surface area contributed by atoms with E-state index >= 15 is 0 Å². The topological polar surface area (TPSA) is 75.5 Å². The fourth-order valence-electron chi connectivity index (χ4n) is 4.36. The SMILES string of the molecule is Cc1cn2c3c(=O)n(CCc4ccccc4)c(=O)n(C)c3nc2n1C[C@@H]1CCCO1. The van der Waals surface area contributed by atoms with Crippen LogP contribution in [0.5, 0.6) is 0 Å². The van der Waals surface area contributed by atoms with Crippen LogP contribution in [0, 0.1) is 6.92 Å². The molecule has 0 unspecified atom stereocenters. The van der Waals surface area contributed by atoms with Crippen molar-refractivity contribution in [2.75, 3.05) is 6.61 Å². The number of nitrogens with zero attached hydrogens (tertiary/aromatic N) is 5. The number of hydrogen-bond donors (Lipinski definition) is 0. The number of benzene rings is 1. The van der Waals surface area contributed by atoms with Crippen LogP contribution in [0.2, 0.25) is 0 Å². The molecule has 0 amide bonds. The average Bonchev–Trinajstić information content (AvgIpc) is 3.45. The van der Waals surface area contributed by atoms with Gasteiger partial charge in [-0.05, 0) is 31.7 Å². The van der Waals surface area contributed by atoms with Crippen molar-refractivity contribution in [1.82, 2.24) is 23.1 Å². The second kappa shape index (κ2) is 7.28. The van der Waals surface area contributed by atoms with Crippen LogP contribution in [0.15, 0.2) is 46.1 Å². The predicted octanol–water partition coefficient (Wildman–Crippen LogP) is 1.88. The highest BCUT2D eigenvalue weighted by Gasteiger charge is 2.23. The fourth-order valence-corrected chi connectivity index (χ4v) is 4.36. The van der Waals surface area contributed by atoms with Gasteiger partial charge in [0.25, 0.3) is 5.56 Å². The van der Waals surface area contributed by atoms with Crippen LogP contribution in [0.1, 0.15) is 24.1 Å². The average molecular weight is 407 g/mol. The molecule has 0 radical (unpaired) electrons. The smallest absolute Gasteiger partial charge is 0.332 e. The van der Waals surface area contributed by atoms with E-state index < -0.39 is 0 Å². The third-order valence-corrected chi connectivity index (χ3v) is 6.02. The molecule has 1 atom stereocenters. The van der Waals surface area contributed by atoms with Gasteiger partial charge in [-0.25, -0.2) is 4.79 Å². The Bertz CT molecular complexity index is 1340. The summed E-state index contributed by atoms with van der Waals surface area (Å²) >= 11 is 0. The van der Waals surface area contributed by atoms with Crippen LogP contribution in [0.25, 0.3) is 16.9 Å². The first-order chi connectivity index (χ1) is 14.5. The standard InChI is InChI=1S/C22H25N5O3/c1-15-13-27-18-19(23-21(27)26(15)14-17-9-6-12-30-17)24(2)22(29)25(20(18)28)11-10-16-7-4-3-5-8-16/h3-5,7-8,13,17H,6,9-12,14H2,1-2H3/t17-/m0/s1. The monoisotopic (exact) mass is 407 g/mol. The van der Waals surface area contributed by atoms with Crippen molar-refractivity contribution >= 4 is 16.9 Å². The third-order valence-electron chi connectivity index (χ3n) is 6.02. The van der Waals surface area contributed by atoms with Crippen LogP contribution < -0.4 is 11.2 Å². The molecule has 30 heavy (non-hydrogen) atoms. The van der Waals surface area contributed by atoms with Gasteiger partial charge in [-0.2, -0.15) is 4.98 Å². The molecule has 0 saturated carbocycles. The molecule has 1 aromatic carbocycles. The minimum atomic E-state index is -0.341. The summed E-state index contributed by atoms with van der Waals surface area (Å²) in [5.74, 6) is 0.672. The van der Waals surface area contributed by atoms with Crippen molar-refractivity contribution in [3.8, 4) is 0 Å². The van der Waals surface area contributed by atoms with Gasteiger partial charge in [0.15, 0.2) is 11.2 Å². The lowest BCUT2D eigenvalue weighted by Gasteiger charge is -2.11. The van der Waals surface area contributed by atoms with E-state index in [-0.39, 0.29) is 17.4 Å². The molecular weight excluding hydrogens is 382 g/mol. The summed E-state index contributed by atoms with van der Waals surface area (Å²) < 4.78 is 12.5. The number of imidazole rings is 2. The zero-order valence-corrected chi connectivity index (χ0v) is 17.2. The van der Waals surface area contributed by atoms with Gasteiger partial charge in [0.1, 0.15) is 0 Å². The molecule has 8 heteroatoms. The number of ether oxygens (including phenoxy) is 1. The van der Waals surface area contributed by atoms with Gasteiger partial charge in [0.05, 0.1) is 12.6 Å². The number of aromatic nitrogens is 5. The molecule has 156 valence electrons. The van der Waals surface area contributed by atoms with Crippen LogP contribution in [0.3, 0.4) is 0 Å². The van der Waals surface area contributed by atoms with E-state index in [9.17, 15) is 9.59 Å². The van der Waals surface area contributed by atoms with E-state index in [1.165, 1.54) is 9.13 Å². The molecule has 1 aliphatic rings. The highest BCUT2D eigenvalue weighted by atomic mass is 16.5. The molecule has 1 saturated heterocycles. The van der Waals surface area contributed by atoms with Crippen LogP contribution >= 0.6 is 0 Å². The van der Waals surface area contributed by atoms with Crippen molar-refractivity contribution in [2.45, 2.75) is 45.4 Å². The maximum atomic E-state index is 13.3. The molecule has 0 bridgehead atoms. The Labute approximate surface area is 173 Å². The van der Waals surface area contributed by atoms with Gasteiger partial charge in [-0.15, -0.1) is 0 Å². The van der Waals surface area contributed by atoms with Crippen molar-refractivity contribution in [3.05, 3.63) is 68.6 Å². The summed E-state index contributed by atoms with van der Waals surface area (Å²) in [7, 11) is 1.67. The molecule has 4 aromatic rings. The van der Waals surface area contributed by atoms with Crippen molar-refractivity contribution in [1.29, 1.82) is 0 Å². The lowest BCUT2D eigenvalue weighted by atomic mass is 10.1. The Kier molecular flexibility index (Phi) is 4.58. The Morgan fingerprint density at radius 1 is 1.17 bits per heavy atom. The predicted molar refractivity (Wildman–Crippen MR) is 114 cm³/mol. The Morgan fingerprint density at radius 2 is 1.97 bits per heavy atom. The van der Waals surface area contributed by atoms with Gasteiger partial charge in [0.2, 0.25) is 5.78 Å². The highest BCUT2D eigenvalue weighted by molar-refractivity contribution is 5.75. The van der Waals surface area contributed by atoms with Gasteiger partial charge >= 0.3 is 5.69 Å². The molecule has 0 aliphatic carbocycles. The maximum Gasteiger partial charge on any atom is 0.332 e. The van der Waals surface area contributed by atoms with Gasteiger partial charge in [0, 0.05) is 32.1 Å². The lowest BCUT2D eigenvalue weighted by molar-refractivity contribution is 0.0974. The zero-order valence-electron chi connectivity index (χ0n) is 17.2. The molecule has 1 fully saturated rings. The molecular formula is C22H25N5O3. The van der Waals surface area contributed by atoms with Gasteiger partial charge in [-0.1, -0.05) is 30.3 Å². The third kappa shape index (κ3) is 2.99. The largest absolute Gasteiger partial charge is 0.376 e. The summed E-state index contributed by atoms with van der Waals surface area (Å²) in [5.41, 5.74) is 2.31. The fraction of sp³-hybridized carbons (Fsp3) is 0.409. The first kappa shape index (κ1) is 18.9. The van der Waals surface area contributed by atoms with E-state index in [1.807, 2.05) is 47.9 Å². The number of rotatable bonds is 5. The molecule has 5 rings (SSSR count). The molecule has 4 heterocycles. The molecule has 8 nitrogen and oxygen atoms in total. The van der Waals surface area contributed by atoms with Crippen LogP contribution in [-0.4, -0.2) is 35.8 Å². The molecule has 0 N–H and O–H groups in total. The lowest BCUT2D eigenvalue weighted by Crippen LogP contribution is -2.39. The number of fused-ring (bicyclic) bond motifs is 3. The van der Waals surface area contributed by atoms with E-state index in [2.05, 4.69) is 9.55 Å². The van der Waals surface area contributed by atoms with Crippen molar-refractivity contribution in [3.63, 3.8) is 0 Å². The maximum absolute atomic E-state index is 13.3. The number of hydrogen-bond acceptors (Lipinski definition) is 4. The molecule has 1 aliphatic heterocycles. The quantitative estimate of drug-likeness (QED) is 0.506. The Hall–Kier alpha value is -3.13. The normalized spacial score (nSPS) is 16.8. The molecule has 3 aromatic heterocycles. The summed E-state index contributed by atoms with van der Waals surface area (Å²) in [6, 6.07) is 9.87. The van der Waals surface area contributed by atoms with E-state index in [0.29, 0.717) is 36.5 Å². The zero-order chi connectivity index (χ0) is 20.8.